The molecule has 1 saturated heterocycles. The van der Waals surface area contributed by atoms with Gasteiger partial charge in [-0.15, -0.1) is 0 Å². The van der Waals surface area contributed by atoms with Crippen molar-refractivity contribution in [2.75, 3.05) is 13.1 Å². The number of nitrogens with zero attached hydrogens (tertiary/aromatic N) is 1. The number of carboxylic acids is 1. The van der Waals surface area contributed by atoms with Crippen LogP contribution in [0.5, 0.6) is 0 Å². The average molecular weight is 326 g/mol. The number of halogens is 1. The Morgan fingerprint density at radius 2 is 2.05 bits per heavy atom. The average Bonchev–Trinajstić information content (AvgIpc) is 2.70. The SMILES string of the molecule is Cc1cc(Br)ccc1C(=O)N1CC(C)C(C(=O)O)C1. The van der Waals surface area contributed by atoms with Crippen molar-refractivity contribution in [1.82, 2.24) is 4.90 Å². The molecule has 0 aliphatic carbocycles. The van der Waals surface area contributed by atoms with Crippen LogP contribution >= 0.6 is 15.9 Å². The Morgan fingerprint density at radius 3 is 2.58 bits per heavy atom. The number of amides is 1. The van der Waals surface area contributed by atoms with Gasteiger partial charge in [0.25, 0.3) is 5.91 Å². The number of hydrogen-bond acceptors (Lipinski definition) is 2. The molecule has 2 unspecified atom stereocenters. The minimum Gasteiger partial charge on any atom is -0.481 e. The molecule has 0 spiro atoms. The summed E-state index contributed by atoms with van der Waals surface area (Å²) in [5.74, 6) is -1.37. The lowest BCUT2D eigenvalue weighted by Crippen LogP contribution is -2.30. The van der Waals surface area contributed by atoms with Gasteiger partial charge in [0.15, 0.2) is 0 Å². The Kier molecular flexibility index (Phi) is 3.94. The summed E-state index contributed by atoms with van der Waals surface area (Å²) >= 11 is 3.36. The van der Waals surface area contributed by atoms with Gasteiger partial charge < -0.3 is 10.0 Å². The fourth-order valence-corrected chi connectivity index (χ4v) is 2.97. The first kappa shape index (κ1) is 14.1. The molecule has 5 heteroatoms. The second-order valence-corrected chi connectivity index (χ2v) is 6.01. The molecular formula is C14H16BrNO3. The summed E-state index contributed by atoms with van der Waals surface area (Å²) in [6.45, 7) is 4.56. The van der Waals surface area contributed by atoms with E-state index < -0.39 is 11.9 Å². The van der Waals surface area contributed by atoms with E-state index in [9.17, 15) is 9.59 Å². The first-order chi connectivity index (χ1) is 8.90. The number of aryl methyl sites for hydroxylation is 1. The lowest BCUT2D eigenvalue weighted by molar-refractivity contribution is -0.142. The van der Waals surface area contributed by atoms with E-state index in [0.29, 0.717) is 18.7 Å². The fourth-order valence-electron chi connectivity index (χ4n) is 2.49. The molecule has 0 radical (unpaired) electrons. The van der Waals surface area contributed by atoms with Gasteiger partial charge in [-0.3, -0.25) is 9.59 Å². The molecule has 1 aliphatic rings. The summed E-state index contributed by atoms with van der Waals surface area (Å²) in [7, 11) is 0. The third-order valence-electron chi connectivity index (χ3n) is 3.64. The van der Waals surface area contributed by atoms with Crippen molar-refractivity contribution in [3.05, 3.63) is 33.8 Å². The van der Waals surface area contributed by atoms with Gasteiger partial charge in [0, 0.05) is 23.1 Å². The standard InChI is InChI=1S/C14H16BrNO3/c1-8-5-10(15)3-4-11(8)13(17)16-6-9(2)12(7-16)14(18)19/h3-5,9,12H,6-7H2,1-2H3,(H,18,19). The Balaban J connectivity index is 2.19. The van der Waals surface area contributed by atoms with Gasteiger partial charge in [-0.25, -0.2) is 0 Å². The second kappa shape index (κ2) is 5.33. The summed E-state index contributed by atoms with van der Waals surface area (Å²) in [5.41, 5.74) is 1.53. The van der Waals surface area contributed by atoms with E-state index in [1.165, 1.54) is 0 Å². The molecule has 1 aromatic carbocycles. The van der Waals surface area contributed by atoms with Crippen LogP contribution in [0.4, 0.5) is 0 Å². The Hall–Kier alpha value is -1.36. The van der Waals surface area contributed by atoms with Crippen LogP contribution in [0.15, 0.2) is 22.7 Å². The Morgan fingerprint density at radius 1 is 1.37 bits per heavy atom. The normalized spacial score (nSPS) is 22.6. The summed E-state index contributed by atoms with van der Waals surface area (Å²) < 4.78 is 0.930. The van der Waals surface area contributed by atoms with Gasteiger partial charge in [0.05, 0.1) is 5.92 Å². The predicted octanol–water partition coefficient (Wildman–Crippen LogP) is 2.55. The van der Waals surface area contributed by atoms with E-state index in [1.54, 1.807) is 11.0 Å². The number of carbonyl (C=O) groups excluding carboxylic acids is 1. The topological polar surface area (TPSA) is 57.6 Å². The van der Waals surface area contributed by atoms with Gasteiger partial charge in [0.2, 0.25) is 0 Å². The molecule has 1 aliphatic heterocycles. The minimum absolute atomic E-state index is 0.00259. The quantitative estimate of drug-likeness (QED) is 0.909. The molecule has 1 N–H and O–H groups in total. The van der Waals surface area contributed by atoms with E-state index >= 15 is 0 Å². The molecule has 1 amide bonds. The fraction of sp³-hybridized carbons (Fsp3) is 0.429. The third kappa shape index (κ3) is 2.81. The van der Waals surface area contributed by atoms with Crippen LogP contribution in [0.2, 0.25) is 0 Å². The van der Waals surface area contributed by atoms with Crippen LogP contribution in [-0.2, 0) is 4.79 Å². The van der Waals surface area contributed by atoms with Gasteiger partial charge in [0.1, 0.15) is 0 Å². The van der Waals surface area contributed by atoms with Gasteiger partial charge in [-0.1, -0.05) is 22.9 Å². The Labute approximate surface area is 120 Å². The highest BCUT2D eigenvalue weighted by Crippen LogP contribution is 2.26. The third-order valence-corrected chi connectivity index (χ3v) is 4.13. The van der Waals surface area contributed by atoms with Crippen LogP contribution in [0, 0.1) is 18.8 Å². The molecular weight excluding hydrogens is 310 g/mol. The van der Waals surface area contributed by atoms with Crippen LogP contribution < -0.4 is 0 Å². The van der Waals surface area contributed by atoms with Crippen LogP contribution in [0.3, 0.4) is 0 Å². The van der Waals surface area contributed by atoms with E-state index in [-0.39, 0.29) is 11.8 Å². The van der Waals surface area contributed by atoms with Crippen molar-refractivity contribution < 1.29 is 14.7 Å². The van der Waals surface area contributed by atoms with Crippen molar-refractivity contribution in [2.45, 2.75) is 13.8 Å². The maximum Gasteiger partial charge on any atom is 0.308 e. The minimum atomic E-state index is -0.824. The number of carbonyl (C=O) groups is 2. The zero-order valence-corrected chi connectivity index (χ0v) is 12.5. The van der Waals surface area contributed by atoms with Gasteiger partial charge in [-0.05, 0) is 36.6 Å². The molecule has 2 atom stereocenters. The summed E-state index contributed by atoms with van der Waals surface area (Å²) in [6.07, 6.45) is 0. The molecule has 19 heavy (non-hydrogen) atoms. The first-order valence-electron chi connectivity index (χ1n) is 6.18. The lowest BCUT2D eigenvalue weighted by atomic mass is 9.99. The van der Waals surface area contributed by atoms with Crippen LogP contribution in [-0.4, -0.2) is 35.0 Å². The van der Waals surface area contributed by atoms with E-state index in [0.717, 1.165) is 10.0 Å². The molecule has 0 bridgehead atoms. The van der Waals surface area contributed by atoms with E-state index in [2.05, 4.69) is 15.9 Å². The summed E-state index contributed by atoms with van der Waals surface area (Å²) in [6, 6.07) is 5.50. The van der Waals surface area contributed by atoms with Crippen molar-refractivity contribution in [3.8, 4) is 0 Å². The van der Waals surface area contributed by atoms with E-state index in [4.69, 9.17) is 5.11 Å². The number of rotatable bonds is 2. The van der Waals surface area contributed by atoms with Crippen LogP contribution in [0.1, 0.15) is 22.8 Å². The molecule has 0 aromatic heterocycles. The zero-order valence-electron chi connectivity index (χ0n) is 10.9. The number of aliphatic carboxylic acids is 1. The largest absolute Gasteiger partial charge is 0.481 e. The molecule has 1 heterocycles. The maximum atomic E-state index is 12.4. The predicted molar refractivity (Wildman–Crippen MR) is 75.1 cm³/mol. The summed E-state index contributed by atoms with van der Waals surface area (Å²) in [5, 5.41) is 9.10. The number of benzene rings is 1. The highest BCUT2D eigenvalue weighted by molar-refractivity contribution is 9.10. The highest BCUT2D eigenvalue weighted by atomic mass is 79.9. The number of carboxylic acid groups (broad SMARTS) is 1. The zero-order chi connectivity index (χ0) is 14.2. The van der Waals surface area contributed by atoms with Crippen molar-refractivity contribution in [2.24, 2.45) is 11.8 Å². The van der Waals surface area contributed by atoms with Crippen molar-refractivity contribution in [1.29, 1.82) is 0 Å². The maximum absolute atomic E-state index is 12.4. The molecule has 4 nitrogen and oxygen atoms in total. The molecule has 2 rings (SSSR count). The smallest absolute Gasteiger partial charge is 0.308 e. The van der Waals surface area contributed by atoms with Crippen LogP contribution in [0.25, 0.3) is 0 Å². The first-order valence-corrected chi connectivity index (χ1v) is 6.97. The Bertz CT molecular complexity index is 529. The number of likely N-dealkylation sites (tertiary alicyclic amines) is 1. The van der Waals surface area contributed by atoms with Crippen molar-refractivity contribution >= 4 is 27.8 Å². The molecule has 1 fully saturated rings. The second-order valence-electron chi connectivity index (χ2n) is 5.09. The number of hydrogen-bond donors (Lipinski definition) is 1. The van der Waals surface area contributed by atoms with Gasteiger partial charge >= 0.3 is 5.97 Å². The van der Waals surface area contributed by atoms with Crippen molar-refractivity contribution in [3.63, 3.8) is 0 Å². The van der Waals surface area contributed by atoms with Gasteiger partial charge in [-0.2, -0.15) is 0 Å². The van der Waals surface area contributed by atoms with E-state index in [1.807, 2.05) is 26.0 Å². The highest BCUT2D eigenvalue weighted by Gasteiger charge is 2.37. The summed E-state index contributed by atoms with van der Waals surface area (Å²) in [4.78, 5) is 25.1. The molecule has 102 valence electrons. The monoisotopic (exact) mass is 325 g/mol. The molecule has 0 saturated carbocycles. The lowest BCUT2D eigenvalue weighted by Gasteiger charge is -2.17. The molecule has 1 aromatic rings.